The molecule has 0 aromatic heterocycles. The Hall–Kier alpha value is -0.0800. The first-order valence-electron chi connectivity index (χ1n) is 3.62. The van der Waals surface area contributed by atoms with Crippen molar-refractivity contribution >= 4 is 0 Å². The molecule has 0 bridgehead atoms. The monoisotopic (exact) mass is 129 g/mol. The van der Waals surface area contributed by atoms with Gasteiger partial charge in [0.25, 0.3) is 0 Å². The maximum atomic E-state index is 5.54. The van der Waals surface area contributed by atoms with Gasteiger partial charge in [-0.15, -0.1) is 0 Å². The minimum atomic E-state index is 0.670. The Morgan fingerprint density at radius 3 is 2.89 bits per heavy atom. The lowest BCUT2D eigenvalue weighted by Gasteiger charge is -2.27. The highest BCUT2D eigenvalue weighted by molar-refractivity contribution is 4.70. The molecule has 0 amide bonds. The standard InChI is InChI=1S/C7H15NO/c1-6-5-9-3-2-7(6)4-8/h6-7H,2-5,8H2,1H3. The summed E-state index contributed by atoms with van der Waals surface area (Å²) in [5.41, 5.74) is 5.54. The Labute approximate surface area is 56.4 Å². The van der Waals surface area contributed by atoms with Crippen molar-refractivity contribution in [2.75, 3.05) is 19.8 Å². The van der Waals surface area contributed by atoms with Crippen molar-refractivity contribution in [3.8, 4) is 0 Å². The van der Waals surface area contributed by atoms with Gasteiger partial charge in [-0.1, -0.05) is 6.92 Å². The quantitative estimate of drug-likeness (QED) is 0.563. The summed E-state index contributed by atoms with van der Waals surface area (Å²) in [6.07, 6.45) is 1.15. The molecule has 2 heteroatoms. The van der Waals surface area contributed by atoms with Crippen LogP contribution in [0.4, 0.5) is 0 Å². The third-order valence-electron chi connectivity index (χ3n) is 2.12. The van der Waals surface area contributed by atoms with Crippen molar-refractivity contribution < 1.29 is 4.74 Å². The van der Waals surface area contributed by atoms with E-state index in [9.17, 15) is 0 Å². The van der Waals surface area contributed by atoms with E-state index in [4.69, 9.17) is 10.5 Å². The summed E-state index contributed by atoms with van der Waals surface area (Å²) in [5, 5.41) is 0. The van der Waals surface area contributed by atoms with E-state index < -0.39 is 0 Å². The summed E-state index contributed by atoms with van der Waals surface area (Å²) in [7, 11) is 0. The fourth-order valence-corrected chi connectivity index (χ4v) is 1.27. The van der Waals surface area contributed by atoms with Crippen LogP contribution in [0.2, 0.25) is 0 Å². The van der Waals surface area contributed by atoms with Gasteiger partial charge in [-0.3, -0.25) is 0 Å². The van der Waals surface area contributed by atoms with Crippen LogP contribution < -0.4 is 5.73 Å². The Kier molecular flexibility index (Phi) is 2.49. The average molecular weight is 129 g/mol. The van der Waals surface area contributed by atoms with E-state index in [1.54, 1.807) is 0 Å². The summed E-state index contributed by atoms with van der Waals surface area (Å²) in [6.45, 7) is 4.84. The van der Waals surface area contributed by atoms with Crippen molar-refractivity contribution in [1.29, 1.82) is 0 Å². The lowest BCUT2D eigenvalue weighted by molar-refractivity contribution is 0.0272. The first-order valence-corrected chi connectivity index (χ1v) is 3.62. The summed E-state index contributed by atoms with van der Waals surface area (Å²) in [5.74, 6) is 1.38. The van der Waals surface area contributed by atoms with E-state index in [1.807, 2.05) is 0 Å². The molecule has 54 valence electrons. The van der Waals surface area contributed by atoms with Gasteiger partial charge in [-0.2, -0.15) is 0 Å². The summed E-state index contributed by atoms with van der Waals surface area (Å²) in [6, 6.07) is 0. The second kappa shape index (κ2) is 3.18. The molecule has 0 radical (unpaired) electrons. The fourth-order valence-electron chi connectivity index (χ4n) is 1.27. The molecule has 2 atom stereocenters. The normalized spacial score (nSPS) is 36.7. The number of rotatable bonds is 1. The average Bonchev–Trinajstić information content (AvgIpc) is 1.89. The Balaban J connectivity index is 2.30. The smallest absolute Gasteiger partial charge is 0.0494 e. The van der Waals surface area contributed by atoms with Crippen LogP contribution in [0.25, 0.3) is 0 Å². The van der Waals surface area contributed by atoms with Gasteiger partial charge < -0.3 is 10.5 Å². The number of hydrogen-bond acceptors (Lipinski definition) is 2. The highest BCUT2D eigenvalue weighted by Crippen LogP contribution is 2.19. The molecule has 1 aliphatic heterocycles. The molecular formula is C7H15NO. The van der Waals surface area contributed by atoms with Crippen molar-refractivity contribution in [3.05, 3.63) is 0 Å². The molecule has 1 saturated heterocycles. The van der Waals surface area contributed by atoms with Crippen molar-refractivity contribution in [1.82, 2.24) is 0 Å². The first kappa shape index (κ1) is 7.03. The molecule has 0 saturated carbocycles. The van der Waals surface area contributed by atoms with Gasteiger partial charge in [-0.05, 0) is 24.8 Å². The minimum Gasteiger partial charge on any atom is -0.381 e. The van der Waals surface area contributed by atoms with Crippen molar-refractivity contribution in [3.63, 3.8) is 0 Å². The van der Waals surface area contributed by atoms with E-state index >= 15 is 0 Å². The van der Waals surface area contributed by atoms with Gasteiger partial charge in [0.15, 0.2) is 0 Å². The second-order valence-electron chi connectivity index (χ2n) is 2.84. The minimum absolute atomic E-state index is 0.670. The number of nitrogens with two attached hydrogens (primary N) is 1. The molecule has 0 aromatic carbocycles. The molecule has 0 spiro atoms. The summed E-state index contributed by atoms with van der Waals surface area (Å²) < 4.78 is 5.26. The Morgan fingerprint density at radius 1 is 1.67 bits per heavy atom. The van der Waals surface area contributed by atoms with Gasteiger partial charge in [0.05, 0.1) is 0 Å². The lowest BCUT2D eigenvalue weighted by atomic mass is 9.90. The maximum absolute atomic E-state index is 5.54. The van der Waals surface area contributed by atoms with Crippen LogP contribution in [0.15, 0.2) is 0 Å². The third kappa shape index (κ3) is 1.66. The van der Waals surface area contributed by atoms with Gasteiger partial charge in [-0.25, -0.2) is 0 Å². The number of ether oxygens (including phenoxy) is 1. The van der Waals surface area contributed by atoms with Crippen LogP contribution in [0.3, 0.4) is 0 Å². The van der Waals surface area contributed by atoms with Gasteiger partial charge >= 0.3 is 0 Å². The van der Waals surface area contributed by atoms with E-state index in [2.05, 4.69) is 6.92 Å². The molecule has 0 aliphatic carbocycles. The van der Waals surface area contributed by atoms with Crippen LogP contribution in [0.1, 0.15) is 13.3 Å². The van der Waals surface area contributed by atoms with Crippen LogP contribution in [0, 0.1) is 11.8 Å². The van der Waals surface area contributed by atoms with E-state index in [0.29, 0.717) is 11.8 Å². The Bertz CT molecular complexity index is 85.0. The molecule has 1 heterocycles. The third-order valence-corrected chi connectivity index (χ3v) is 2.12. The topological polar surface area (TPSA) is 35.2 Å². The first-order chi connectivity index (χ1) is 4.34. The molecule has 9 heavy (non-hydrogen) atoms. The van der Waals surface area contributed by atoms with Crippen LogP contribution in [-0.4, -0.2) is 19.8 Å². The van der Waals surface area contributed by atoms with Gasteiger partial charge in [0.1, 0.15) is 0 Å². The largest absolute Gasteiger partial charge is 0.381 e. The number of hydrogen-bond donors (Lipinski definition) is 1. The zero-order valence-corrected chi connectivity index (χ0v) is 5.97. The molecule has 2 N–H and O–H groups in total. The van der Waals surface area contributed by atoms with E-state index in [1.165, 1.54) is 0 Å². The van der Waals surface area contributed by atoms with Crippen molar-refractivity contribution in [2.24, 2.45) is 17.6 Å². The van der Waals surface area contributed by atoms with Crippen molar-refractivity contribution in [2.45, 2.75) is 13.3 Å². The predicted octanol–water partition coefficient (Wildman–Crippen LogP) is 0.618. The molecule has 1 rings (SSSR count). The van der Waals surface area contributed by atoms with E-state index in [0.717, 1.165) is 26.2 Å². The maximum Gasteiger partial charge on any atom is 0.0494 e. The second-order valence-corrected chi connectivity index (χ2v) is 2.84. The molecular weight excluding hydrogens is 114 g/mol. The molecule has 2 nitrogen and oxygen atoms in total. The van der Waals surface area contributed by atoms with Crippen LogP contribution in [-0.2, 0) is 4.74 Å². The van der Waals surface area contributed by atoms with Crippen LogP contribution >= 0.6 is 0 Å². The Morgan fingerprint density at radius 2 is 2.44 bits per heavy atom. The fraction of sp³-hybridized carbons (Fsp3) is 1.00. The predicted molar refractivity (Wildman–Crippen MR) is 37.1 cm³/mol. The molecule has 0 aromatic rings. The van der Waals surface area contributed by atoms with Gasteiger partial charge in [0.2, 0.25) is 0 Å². The highest BCUT2D eigenvalue weighted by atomic mass is 16.5. The zero-order chi connectivity index (χ0) is 6.69. The lowest BCUT2D eigenvalue weighted by Crippen LogP contribution is -2.30. The van der Waals surface area contributed by atoms with Crippen LogP contribution in [0.5, 0.6) is 0 Å². The van der Waals surface area contributed by atoms with E-state index in [-0.39, 0.29) is 0 Å². The van der Waals surface area contributed by atoms with Gasteiger partial charge in [0, 0.05) is 13.2 Å². The summed E-state index contributed by atoms with van der Waals surface area (Å²) in [4.78, 5) is 0. The zero-order valence-electron chi connectivity index (χ0n) is 5.97. The SMILES string of the molecule is CC1COCCC1CN. The molecule has 1 fully saturated rings. The highest BCUT2D eigenvalue weighted by Gasteiger charge is 2.19. The molecule has 1 aliphatic rings. The summed E-state index contributed by atoms with van der Waals surface area (Å²) >= 11 is 0. The molecule has 2 unspecified atom stereocenters.